The first-order chi connectivity index (χ1) is 45.5. The van der Waals surface area contributed by atoms with Crippen molar-refractivity contribution in [2.75, 3.05) is 39.6 Å². The molecule has 0 saturated carbocycles. The number of phosphoric acid groups is 2. The van der Waals surface area contributed by atoms with E-state index in [2.05, 4.69) is 34.6 Å². The van der Waals surface area contributed by atoms with Crippen molar-refractivity contribution in [3.05, 3.63) is 0 Å². The van der Waals surface area contributed by atoms with Crippen LogP contribution in [0, 0.1) is 5.92 Å². The molecule has 0 aromatic carbocycles. The highest BCUT2D eigenvalue weighted by molar-refractivity contribution is 7.47. The van der Waals surface area contributed by atoms with Crippen molar-refractivity contribution in [3.8, 4) is 0 Å². The van der Waals surface area contributed by atoms with Gasteiger partial charge in [-0.3, -0.25) is 37.3 Å². The quantitative estimate of drug-likeness (QED) is 0.0222. The summed E-state index contributed by atoms with van der Waals surface area (Å²) >= 11 is 0. The minimum Gasteiger partial charge on any atom is -0.462 e. The Kier molecular flexibility index (Phi) is 66.8. The summed E-state index contributed by atoms with van der Waals surface area (Å²) in [5, 5.41) is 10.6. The van der Waals surface area contributed by atoms with Crippen LogP contribution in [0.4, 0.5) is 0 Å². The number of rotatable bonds is 75. The molecule has 2 unspecified atom stereocenters. The van der Waals surface area contributed by atoms with Crippen LogP contribution in [0.2, 0.25) is 0 Å². The lowest BCUT2D eigenvalue weighted by Crippen LogP contribution is -2.30. The van der Waals surface area contributed by atoms with Crippen molar-refractivity contribution in [1.82, 2.24) is 0 Å². The van der Waals surface area contributed by atoms with Gasteiger partial charge in [0.1, 0.15) is 19.3 Å². The normalized spacial score (nSPS) is 14.0. The maximum atomic E-state index is 13.1. The molecule has 0 aliphatic carbocycles. The molecule has 0 saturated heterocycles. The van der Waals surface area contributed by atoms with Crippen molar-refractivity contribution < 1.29 is 80.2 Å². The van der Waals surface area contributed by atoms with E-state index >= 15 is 0 Å². The van der Waals surface area contributed by atoms with Crippen molar-refractivity contribution in [2.24, 2.45) is 5.92 Å². The summed E-state index contributed by atoms with van der Waals surface area (Å²) in [7, 11) is -9.90. The molecule has 5 atom stereocenters. The highest BCUT2D eigenvalue weighted by Gasteiger charge is 2.30. The number of phosphoric ester groups is 2. The first-order valence-corrected chi connectivity index (χ1v) is 42.1. The van der Waals surface area contributed by atoms with E-state index in [1.807, 2.05) is 0 Å². The van der Waals surface area contributed by atoms with E-state index in [9.17, 15) is 43.2 Å². The summed E-state index contributed by atoms with van der Waals surface area (Å²) in [5.74, 6) is -1.42. The average Bonchev–Trinajstić information content (AvgIpc) is 2.21. The minimum atomic E-state index is -4.95. The van der Waals surface area contributed by atoms with Crippen molar-refractivity contribution >= 4 is 39.5 Å². The first kappa shape index (κ1) is 92.1. The van der Waals surface area contributed by atoms with E-state index in [0.717, 1.165) is 89.9 Å². The van der Waals surface area contributed by atoms with Gasteiger partial charge in [-0.25, -0.2) is 9.13 Å². The molecule has 0 spiro atoms. The van der Waals surface area contributed by atoms with Gasteiger partial charge in [0, 0.05) is 25.7 Å². The third-order valence-corrected chi connectivity index (χ3v) is 19.4. The fourth-order valence-electron chi connectivity index (χ4n) is 11.5. The molecule has 0 aliphatic heterocycles. The van der Waals surface area contributed by atoms with Crippen LogP contribution in [0.5, 0.6) is 0 Å². The molecule has 19 heteroatoms. The topological polar surface area (TPSA) is 237 Å². The summed E-state index contributed by atoms with van der Waals surface area (Å²) in [5.41, 5.74) is 0. The van der Waals surface area contributed by atoms with Crippen molar-refractivity contribution in [3.63, 3.8) is 0 Å². The number of aliphatic hydroxyl groups excluding tert-OH is 1. The second-order valence-electron chi connectivity index (χ2n) is 27.5. The third-order valence-electron chi connectivity index (χ3n) is 17.5. The zero-order valence-electron chi connectivity index (χ0n) is 61.1. The lowest BCUT2D eigenvalue weighted by atomic mass is 10.0. The number of unbranched alkanes of at least 4 members (excludes halogenated alkanes) is 47. The molecule has 3 N–H and O–H groups in total. The van der Waals surface area contributed by atoms with Gasteiger partial charge < -0.3 is 33.8 Å². The average molecular weight is 1380 g/mol. The SMILES string of the molecule is CCCCCCCCCCCCCCCCCCCCCCCCC(=O)O[C@H](COC(=O)CCCCCCCCCCCCCC)COP(=O)(O)OC[C@@H](O)COP(=O)(O)OC[C@@H](COC(=O)CCCCCCCCCCCC)OC(=O)CCCCCCCCCC(C)C. The number of hydrogen-bond donors (Lipinski definition) is 3. The summed E-state index contributed by atoms with van der Waals surface area (Å²) in [4.78, 5) is 72.6. The molecular formula is C75H146O17P2. The van der Waals surface area contributed by atoms with Crippen LogP contribution < -0.4 is 0 Å². The third kappa shape index (κ3) is 68.6. The molecular weight excluding hydrogens is 1230 g/mol. The Balaban J connectivity index is 5.15. The number of esters is 4. The molecule has 0 fully saturated rings. The predicted octanol–water partition coefficient (Wildman–Crippen LogP) is 22.1. The van der Waals surface area contributed by atoms with Crippen LogP contribution in [0.25, 0.3) is 0 Å². The zero-order chi connectivity index (χ0) is 69.1. The van der Waals surface area contributed by atoms with Gasteiger partial charge in [0.15, 0.2) is 12.2 Å². The Bertz CT molecular complexity index is 1810. The Morgan fingerprint density at radius 2 is 0.489 bits per heavy atom. The molecule has 0 heterocycles. The Hall–Kier alpha value is -1.94. The van der Waals surface area contributed by atoms with Gasteiger partial charge in [-0.1, -0.05) is 343 Å². The number of carbonyl (C=O) groups is 4. The number of hydrogen-bond acceptors (Lipinski definition) is 15. The Morgan fingerprint density at radius 3 is 0.723 bits per heavy atom. The highest BCUT2D eigenvalue weighted by Crippen LogP contribution is 2.45. The molecule has 0 aliphatic rings. The van der Waals surface area contributed by atoms with E-state index in [4.69, 9.17) is 37.0 Å². The first-order valence-electron chi connectivity index (χ1n) is 39.1. The maximum absolute atomic E-state index is 13.1. The largest absolute Gasteiger partial charge is 0.472 e. The standard InChI is InChI=1S/C75H146O17P2/c1-6-9-12-15-18-21-24-26-27-28-29-30-31-32-33-34-35-37-40-45-50-55-60-74(79)91-70(64-86-73(78)59-54-49-44-39-36-25-22-19-16-13-10-7-2)66-89-93(81,82)87-62-69(76)63-88-94(83,84)90-67-71(92-75(80)61-56-51-46-41-42-47-52-57-68(4)5)65-85-72(77)58-53-48-43-38-23-20-17-14-11-8-3/h68-71,76H,6-67H2,1-5H3,(H,81,82)(H,83,84)/t69-,70-,71-/m1/s1. The molecule has 0 amide bonds. The van der Waals surface area contributed by atoms with Crippen molar-refractivity contribution in [2.45, 2.75) is 412 Å². The summed E-state index contributed by atoms with van der Waals surface area (Å²) in [6.45, 7) is 7.20. The summed E-state index contributed by atoms with van der Waals surface area (Å²) in [6, 6.07) is 0. The van der Waals surface area contributed by atoms with Gasteiger partial charge in [0.05, 0.1) is 26.4 Å². The number of ether oxygens (including phenoxy) is 4. The molecule has 0 rings (SSSR count). The Morgan fingerprint density at radius 1 is 0.287 bits per heavy atom. The van der Waals surface area contributed by atoms with Gasteiger partial charge in [0.25, 0.3) is 0 Å². The fourth-order valence-corrected chi connectivity index (χ4v) is 13.1. The summed E-state index contributed by atoms with van der Waals surface area (Å²) < 4.78 is 68.4. The molecule has 0 bridgehead atoms. The van der Waals surface area contributed by atoms with E-state index in [1.165, 1.54) is 218 Å². The molecule has 0 aromatic rings. The van der Waals surface area contributed by atoms with Crippen LogP contribution in [0.3, 0.4) is 0 Å². The zero-order valence-corrected chi connectivity index (χ0v) is 62.9. The van der Waals surface area contributed by atoms with Crippen LogP contribution >= 0.6 is 15.6 Å². The van der Waals surface area contributed by atoms with E-state index in [1.54, 1.807) is 0 Å². The predicted molar refractivity (Wildman–Crippen MR) is 382 cm³/mol. The fraction of sp³-hybridized carbons (Fsp3) is 0.947. The van der Waals surface area contributed by atoms with Gasteiger partial charge in [0.2, 0.25) is 0 Å². The molecule has 94 heavy (non-hydrogen) atoms. The second kappa shape index (κ2) is 68.2. The van der Waals surface area contributed by atoms with Crippen LogP contribution in [-0.2, 0) is 65.4 Å². The number of aliphatic hydroxyl groups is 1. The van der Waals surface area contributed by atoms with E-state index in [0.29, 0.717) is 31.6 Å². The van der Waals surface area contributed by atoms with Crippen LogP contribution in [-0.4, -0.2) is 96.7 Å². The van der Waals surface area contributed by atoms with Crippen molar-refractivity contribution in [1.29, 1.82) is 0 Å². The molecule has 17 nitrogen and oxygen atoms in total. The van der Waals surface area contributed by atoms with Crippen LogP contribution in [0.15, 0.2) is 0 Å². The number of carbonyl (C=O) groups excluding carboxylic acids is 4. The van der Waals surface area contributed by atoms with Gasteiger partial charge >= 0.3 is 39.5 Å². The van der Waals surface area contributed by atoms with E-state index in [-0.39, 0.29) is 25.7 Å². The van der Waals surface area contributed by atoms with Gasteiger partial charge in [-0.05, 0) is 31.6 Å². The lowest BCUT2D eigenvalue weighted by Gasteiger charge is -2.21. The maximum Gasteiger partial charge on any atom is 0.472 e. The van der Waals surface area contributed by atoms with Crippen LogP contribution in [0.1, 0.15) is 394 Å². The highest BCUT2D eigenvalue weighted by atomic mass is 31.2. The van der Waals surface area contributed by atoms with Gasteiger partial charge in [-0.2, -0.15) is 0 Å². The second-order valence-corrected chi connectivity index (χ2v) is 30.4. The van der Waals surface area contributed by atoms with Gasteiger partial charge in [-0.15, -0.1) is 0 Å². The molecule has 0 aromatic heterocycles. The lowest BCUT2D eigenvalue weighted by molar-refractivity contribution is -0.161. The smallest absolute Gasteiger partial charge is 0.462 e. The molecule has 558 valence electrons. The minimum absolute atomic E-state index is 0.104. The Labute approximate surface area is 575 Å². The summed E-state index contributed by atoms with van der Waals surface area (Å²) in [6.07, 6.45) is 57.1. The molecule has 0 radical (unpaired) electrons. The monoisotopic (exact) mass is 1380 g/mol. The van der Waals surface area contributed by atoms with E-state index < -0.39 is 97.5 Å².